The van der Waals surface area contributed by atoms with Gasteiger partial charge in [-0.1, -0.05) is 107 Å². The average molecular weight is 577 g/mol. The predicted molar refractivity (Wildman–Crippen MR) is 178 cm³/mol. The molecule has 0 unspecified atom stereocenters. The lowest BCUT2D eigenvalue weighted by Gasteiger charge is -2.22. The molecule has 0 amide bonds. The van der Waals surface area contributed by atoms with Gasteiger partial charge in [0.15, 0.2) is 0 Å². The molecule has 0 N–H and O–H groups in total. The molecule has 0 spiro atoms. The molecule has 0 saturated carbocycles. The third-order valence-electron chi connectivity index (χ3n) is 8.26. The monoisotopic (exact) mass is 576 g/mol. The number of fused-ring (bicyclic) bond motifs is 2. The van der Waals surface area contributed by atoms with Gasteiger partial charge >= 0.3 is 0 Å². The summed E-state index contributed by atoms with van der Waals surface area (Å²) < 4.78 is 12.9. The molecule has 5 nitrogen and oxygen atoms in total. The summed E-state index contributed by atoms with van der Waals surface area (Å²) >= 11 is 0. The molecule has 0 saturated heterocycles. The number of hydrogen-bond acceptors (Lipinski definition) is 2. The SMILES string of the molecule is CC(C)c1cccc(C(C)C)c1-n1c(-c2cccc(Oc3cccc(-[n+]4[c-]n(C)c5ccccc54)c3)c2)nc2ccccc21. The lowest BCUT2D eigenvalue weighted by Crippen LogP contribution is -2.29. The van der Waals surface area contributed by atoms with Crippen molar-refractivity contribution < 1.29 is 9.30 Å². The minimum atomic E-state index is 0.358. The van der Waals surface area contributed by atoms with E-state index < -0.39 is 0 Å². The molecular formula is C39H36N4O. The standard InChI is InChI=1S/C39H36N4O/c1-26(2)32-17-12-18-33(27(3)4)38(32)43-35-20-7-6-19-34(35)40-39(43)28-13-10-15-30(23-28)44-31-16-11-14-29(24-31)42-25-41(5)36-21-8-9-22-37(36)42/h6-24,26-27H,1-5H3. The summed E-state index contributed by atoms with van der Waals surface area (Å²) in [5.74, 6) is 3.13. The summed E-state index contributed by atoms with van der Waals surface area (Å²) in [4.78, 5) is 5.19. The van der Waals surface area contributed by atoms with Gasteiger partial charge in [-0.3, -0.25) is 4.57 Å². The van der Waals surface area contributed by atoms with Crippen molar-refractivity contribution in [3.05, 3.63) is 133 Å². The van der Waals surface area contributed by atoms with E-state index >= 15 is 0 Å². The van der Waals surface area contributed by atoms with Crippen LogP contribution in [0.5, 0.6) is 11.5 Å². The highest BCUT2D eigenvalue weighted by molar-refractivity contribution is 5.84. The van der Waals surface area contributed by atoms with Crippen molar-refractivity contribution in [3.63, 3.8) is 0 Å². The second-order valence-corrected chi connectivity index (χ2v) is 12.0. The van der Waals surface area contributed by atoms with Crippen LogP contribution in [0.1, 0.15) is 50.7 Å². The minimum Gasteiger partial charge on any atom is -0.458 e. The van der Waals surface area contributed by atoms with Crippen LogP contribution >= 0.6 is 0 Å². The molecule has 0 atom stereocenters. The van der Waals surface area contributed by atoms with Gasteiger partial charge in [-0.15, -0.1) is 0 Å². The average Bonchev–Trinajstić information content (AvgIpc) is 3.59. The van der Waals surface area contributed by atoms with Crippen molar-refractivity contribution >= 4 is 22.1 Å². The molecule has 218 valence electrons. The first-order valence-electron chi connectivity index (χ1n) is 15.3. The van der Waals surface area contributed by atoms with E-state index in [4.69, 9.17) is 9.72 Å². The molecule has 2 heterocycles. The summed E-state index contributed by atoms with van der Waals surface area (Å²) in [6.45, 7) is 9.05. The van der Waals surface area contributed by atoms with Crippen LogP contribution in [0.15, 0.2) is 115 Å². The molecule has 0 radical (unpaired) electrons. The lowest BCUT2D eigenvalue weighted by atomic mass is 9.92. The van der Waals surface area contributed by atoms with Gasteiger partial charge in [0.2, 0.25) is 6.33 Å². The number of aryl methyl sites for hydroxylation is 1. The fraction of sp³-hybridized carbons (Fsp3) is 0.179. The fourth-order valence-electron chi connectivity index (χ4n) is 6.13. The Bertz CT molecular complexity index is 2110. The number of benzene rings is 5. The van der Waals surface area contributed by atoms with Crippen LogP contribution in [-0.4, -0.2) is 14.1 Å². The lowest BCUT2D eigenvalue weighted by molar-refractivity contribution is -0.572. The number of aromatic nitrogens is 4. The Kier molecular flexibility index (Phi) is 7.01. The first-order valence-corrected chi connectivity index (χ1v) is 15.3. The van der Waals surface area contributed by atoms with Gasteiger partial charge in [0.1, 0.15) is 17.3 Å². The Hall–Kier alpha value is -5.16. The zero-order valence-electron chi connectivity index (χ0n) is 25.8. The van der Waals surface area contributed by atoms with Crippen molar-refractivity contribution in [2.75, 3.05) is 0 Å². The first-order chi connectivity index (χ1) is 21.4. The van der Waals surface area contributed by atoms with Crippen LogP contribution in [0.2, 0.25) is 0 Å². The zero-order valence-corrected chi connectivity index (χ0v) is 25.8. The Morgan fingerprint density at radius 3 is 2.07 bits per heavy atom. The van der Waals surface area contributed by atoms with E-state index in [1.165, 1.54) is 16.8 Å². The largest absolute Gasteiger partial charge is 0.458 e. The highest BCUT2D eigenvalue weighted by atomic mass is 16.5. The molecular weight excluding hydrogens is 540 g/mol. The minimum absolute atomic E-state index is 0.358. The molecule has 7 aromatic rings. The highest BCUT2D eigenvalue weighted by Gasteiger charge is 2.22. The number of ether oxygens (including phenoxy) is 1. The van der Waals surface area contributed by atoms with Crippen LogP contribution in [0.4, 0.5) is 0 Å². The summed E-state index contributed by atoms with van der Waals surface area (Å²) in [5.41, 5.74) is 10.1. The normalized spacial score (nSPS) is 11.7. The van der Waals surface area contributed by atoms with Crippen molar-refractivity contribution in [2.45, 2.75) is 39.5 Å². The Balaban J connectivity index is 1.32. The summed E-state index contributed by atoms with van der Waals surface area (Å²) in [6.07, 6.45) is 3.42. The number of nitrogens with zero attached hydrogens (tertiary/aromatic N) is 4. The van der Waals surface area contributed by atoms with E-state index in [0.717, 1.165) is 50.6 Å². The quantitative estimate of drug-likeness (QED) is 0.140. The van der Waals surface area contributed by atoms with Gasteiger partial charge in [-0.2, -0.15) is 0 Å². The number of para-hydroxylation sites is 5. The molecule has 0 aliphatic carbocycles. The Labute approximate surface area is 258 Å². The third-order valence-corrected chi connectivity index (χ3v) is 8.26. The van der Waals surface area contributed by atoms with Gasteiger partial charge < -0.3 is 13.9 Å². The molecule has 7 rings (SSSR count). The fourth-order valence-corrected chi connectivity index (χ4v) is 6.13. The molecule has 0 aliphatic rings. The van der Waals surface area contributed by atoms with Crippen LogP contribution in [0.3, 0.4) is 0 Å². The second-order valence-electron chi connectivity index (χ2n) is 12.0. The van der Waals surface area contributed by atoms with Gasteiger partial charge in [0, 0.05) is 5.56 Å². The van der Waals surface area contributed by atoms with Crippen molar-refractivity contribution in [1.82, 2.24) is 14.1 Å². The van der Waals surface area contributed by atoms with Gasteiger partial charge in [0.05, 0.1) is 40.5 Å². The van der Waals surface area contributed by atoms with Gasteiger partial charge in [-0.25, -0.2) is 4.98 Å². The maximum Gasteiger partial charge on any atom is 0.244 e. The Morgan fingerprint density at radius 1 is 0.682 bits per heavy atom. The maximum absolute atomic E-state index is 6.49. The van der Waals surface area contributed by atoms with E-state index in [1.807, 2.05) is 41.9 Å². The predicted octanol–water partition coefficient (Wildman–Crippen LogP) is 9.30. The topological polar surface area (TPSA) is 35.9 Å². The first kappa shape index (κ1) is 27.7. The van der Waals surface area contributed by atoms with Crippen LogP contribution in [0.25, 0.3) is 44.8 Å². The molecule has 5 aromatic carbocycles. The second kappa shape index (κ2) is 11.2. The van der Waals surface area contributed by atoms with Gasteiger partial charge in [-0.05, 0) is 59.4 Å². The molecule has 5 heteroatoms. The van der Waals surface area contributed by atoms with Crippen molar-refractivity contribution in [2.24, 2.45) is 7.05 Å². The van der Waals surface area contributed by atoms with Crippen LogP contribution in [-0.2, 0) is 7.05 Å². The number of rotatable bonds is 7. The Morgan fingerprint density at radius 2 is 1.32 bits per heavy atom. The molecule has 44 heavy (non-hydrogen) atoms. The molecule has 0 fully saturated rings. The van der Waals surface area contributed by atoms with E-state index in [9.17, 15) is 0 Å². The highest BCUT2D eigenvalue weighted by Crippen LogP contribution is 2.38. The van der Waals surface area contributed by atoms with Crippen LogP contribution < -0.4 is 9.30 Å². The van der Waals surface area contributed by atoms with Gasteiger partial charge in [0.25, 0.3) is 0 Å². The number of imidazole rings is 2. The van der Waals surface area contributed by atoms with Crippen molar-refractivity contribution in [3.8, 4) is 34.3 Å². The molecule has 0 aliphatic heterocycles. The zero-order chi connectivity index (χ0) is 30.4. The summed E-state index contributed by atoms with van der Waals surface area (Å²) in [7, 11) is 2.02. The smallest absolute Gasteiger partial charge is 0.244 e. The summed E-state index contributed by atoms with van der Waals surface area (Å²) in [5, 5.41) is 0. The molecule has 0 bridgehead atoms. The maximum atomic E-state index is 6.49. The van der Waals surface area contributed by atoms with Crippen molar-refractivity contribution in [1.29, 1.82) is 0 Å². The molecule has 2 aromatic heterocycles. The number of hydrogen-bond donors (Lipinski definition) is 0. The van der Waals surface area contributed by atoms with E-state index in [0.29, 0.717) is 11.8 Å². The third kappa shape index (κ3) is 4.84. The van der Waals surface area contributed by atoms with E-state index in [1.54, 1.807) is 0 Å². The van der Waals surface area contributed by atoms with E-state index in [-0.39, 0.29) is 0 Å². The summed E-state index contributed by atoms with van der Waals surface area (Å²) in [6, 6.07) is 39.8. The van der Waals surface area contributed by atoms with Crippen LogP contribution in [0, 0.1) is 6.33 Å². The van der Waals surface area contributed by atoms with E-state index in [2.05, 4.69) is 128 Å².